The number of alkyl carbamates (subject to hydrolysis) is 1. The summed E-state index contributed by atoms with van der Waals surface area (Å²) < 4.78 is 4.92. The molecule has 2 atom stereocenters. The van der Waals surface area contributed by atoms with E-state index in [4.69, 9.17) is 14.9 Å². The first-order valence-electron chi connectivity index (χ1n) is 5.70. The molecule has 0 fully saturated rings. The maximum atomic E-state index is 11.6. The van der Waals surface area contributed by atoms with Crippen molar-refractivity contribution in [3.8, 4) is 0 Å². The molecule has 8 nitrogen and oxygen atoms in total. The predicted molar refractivity (Wildman–Crippen MR) is 65.5 cm³/mol. The highest BCUT2D eigenvalue weighted by atomic mass is 16.6. The highest BCUT2D eigenvalue weighted by molar-refractivity contribution is 5.89. The minimum Gasteiger partial charge on any atom is -0.480 e. The molecule has 0 aromatic rings. The number of aliphatic hydroxyl groups excluding tert-OH is 1. The number of rotatable bonds is 5. The fourth-order valence-electron chi connectivity index (χ4n) is 1.02. The van der Waals surface area contributed by atoms with Crippen molar-refractivity contribution in [2.75, 3.05) is 6.61 Å². The standard InChI is InChI=1S/C11H20N2O6/c1-6(9(16)17)12-8(15)7(5-14)13-10(18)19-11(2,3)4/h6-7,14H,5H2,1-4H3,(H,12,15)(H,13,18)(H,16,17)/t6-,7+/m1/s1. The van der Waals surface area contributed by atoms with Crippen LogP contribution in [0.2, 0.25) is 0 Å². The second kappa shape index (κ2) is 6.93. The lowest BCUT2D eigenvalue weighted by molar-refractivity contribution is -0.141. The predicted octanol–water partition coefficient (Wildman–Crippen LogP) is -0.539. The average Bonchev–Trinajstić information content (AvgIpc) is 2.22. The van der Waals surface area contributed by atoms with Gasteiger partial charge in [-0.3, -0.25) is 9.59 Å². The molecule has 0 aliphatic heterocycles. The molecule has 0 aromatic carbocycles. The zero-order valence-electron chi connectivity index (χ0n) is 11.4. The molecular weight excluding hydrogens is 256 g/mol. The Hall–Kier alpha value is -1.83. The quantitative estimate of drug-likeness (QED) is 0.534. The van der Waals surface area contributed by atoms with E-state index in [-0.39, 0.29) is 0 Å². The maximum Gasteiger partial charge on any atom is 0.408 e. The fourth-order valence-corrected chi connectivity index (χ4v) is 1.02. The highest BCUT2D eigenvalue weighted by Gasteiger charge is 2.25. The van der Waals surface area contributed by atoms with Gasteiger partial charge in [0.15, 0.2) is 0 Å². The third-order valence-corrected chi connectivity index (χ3v) is 1.92. The molecule has 0 saturated heterocycles. The van der Waals surface area contributed by atoms with E-state index in [2.05, 4.69) is 10.6 Å². The van der Waals surface area contributed by atoms with Crippen LogP contribution in [0.25, 0.3) is 0 Å². The Morgan fingerprint density at radius 1 is 1.21 bits per heavy atom. The lowest BCUT2D eigenvalue weighted by atomic mass is 10.2. The van der Waals surface area contributed by atoms with Crippen molar-refractivity contribution in [1.29, 1.82) is 0 Å². The summed E-state index contributed by atoms with van der Waals surface area (Å²) in [4.78, 5) is 33.6. The summed E-state index contributed by atoms with van der Waals surface area (Å²) in [6.45, 7) is 5.53. The number of hydrogen-bond donors (Lipinski definition) is 4. The van der Waals surface area contributed by atoms with Crippen LogP contribution in [0.1, 0.15) is 27.7 Å². The number of aliphatic hydroxyl groups is 1. The average molecular weight is 276 g/mol. The zero-order chi connectivity index (χ0) is 15.2. The van der Waals surface area contributed by atoms with E-state index < -0.39 is 42.3 Å². The Morgan fingerprint density at radius 2 is 1.74 bits per heavy atom. The van der Waals surface area contributed by atoms with E-state index >= 15 is 0 Å². The van der Waals surface area contributed by atoms with Gasteiger partial charge in [-0.15, -0.1) is 0 Å². The third-order valence-electron chi connectivity index (χ3n) is 1.92. The summed E-state index contributed by atoms with van der Waals surface area (Å²) in [5.74, 6) is -2.02. The Balaban J connectivity index is 4.46. The molecular formula is C11H20N2O6. The number of ether oxygens (including phenoxy) is 1. The van der Waals surface area contributed by atoms with E-state index in [1.165, 1.54) is 6.92 Å². The Bertz CT molecular complexity index is 350. The molecule has 0 rings (SSSR count). The van der Waals surface area contributed by atoms with Crippen LogP contribution < -0.4 is 10.6 Å². The lowest BCUT2D eigenvalue weighted by Crippen LogP contribution is -2.53. The molecule has 8 heteroatoms. The first kappa shape index (κ1) is 17.2. The molecule has 0 aliphatic rings. The molecule has 0 heterocycles. The van der Waals surface area contributed by atoms with Gasteiger partial charge in [-0.25, -0.2) is 4.79 Å². The number of amides is 2. The third kappa shape index (κ3) is 7.24. The van der Waals surface area contributed by atoms with Crippen LogP contribution in [0.5, 0.6) is 0 Å². The van der Waals surface area contributed by atoms with E-state index in [1.807, 2.05) is 0 Å². The lowest BCUT2D eigenvalue weighted by Gasteiger charge is -2.22. The number of carbonyl (C=O) groups excluding carboxylic acids is 2. The van der Waals surface area contributed by atoms with Crippen LogP contribution in [0.3, 0.4) is 0 Å². The van der Waals surface area contributed by atoms with Crippen LogP contribution in [-0.2, 0) is 14.3 Å². The van der Waals surface area contributed by atoms with Gasteiger partial charge in [0.1, 0.15) is 17.7 Å². The van der Waals surface area contributed by atoms with Gasteiger partial charge >= 0.3 is 12.1 Å². The smallest absolute Gasteiger partial charge is 0.408 e. The minimum absolute atomic E-state index is 0.669. The van der Waals surface area contributed by atoms with Gasteiger partial charge < -0.3 is 25.6 Å². The largest absolute Gasteiger partial charge is 0.480 e. The maximum absolute atomic E-state index is 11.6. The fraction of sp³-hybridized carbons (Fsp3) is 0.727. The van der Waals surface area contributed by atoms with Crippen LogP contribution >= 0.6 is 0 Å². The van der Waals surface area contributed by atoms with Crippen molar-refractivity contribution in [1.82, 2.24) is 10.6 Å². The summed E-state index contributed by atoms with van der Waals surface area (Å²) in [5, 5.41) is 21.9. The van der Waals surface area contributed by atoms with Gasteiger partial charge in [0.25, 0.3) is 0 Å². The van der Waals surface area contributed by atoms with E-state index in [9.17, 15) is 14.4 Å². The van der Waals surface area contributed by atoms with Gasteiger partial charge in [0, 0.05) is 0 Å². The first-order chi connectivity index (χ1) is 8.56. The topological polar surface area (TPSA) is 125 Å². The second-order valence-electron chi connectivity index (χ2n) is 4.95. The summed E-state index contributed by atoms with van der Waals surface area (Å²) in [6.07, 6.45) is -0.871. The number of aliphatic carboxylic acids is 1. The Labute approximate surface area is 111 Å². The van der Waals surface area contributed by atoms with Crippen molar-refractivity contribution < 1.29 is 29.3 Å². The van der Waals surface area contributed by atoms with E-state index in [0.717, 1.165) is 0 Å². The van der Waals surface area contributed by atoms with Crippen LogP contribution in [0.15, 0.2) is 0 Å². The van der Waals surface area contributed by atoms with Gasteiger partial charge in [0.2, 0.25) is 5.91 Å². The molecule has 0 aromatic heterocycles. The van der Waals surface area contributed by atoms with Crippen molar-refractivity contribution in [2.45, 2.75) is 45.4 Å². The zero-order valence-corrected chi connectivity index (χ0v) is 11.4. The van der Waals surface area contributed by atoms with Crippen LogP contribution in [0.4, 0.5) is 4.79 Å². The van der Waals surface area contributed by atoms with Crippen molar-refractivity contribution >= 4 is 18.0 Å². The minimum atomic E-state index is -1.27. The molecule has 0 bridgehead atoms. The number of nitrogens with one attached hydrogen (secondary N) is 2. The SMILES string of the molecule is C[C@@H](NC(=O)[C@H](CO)NC(=O)OC(C)(C)C)C(=O)O. The number of carboxylic acid groups (broad SMARTS) is 1. The van der Waals surface area contributed by atoms with Crippen molar-refractivity contribution in [2.24, 2.45) is 0 Å². The molecule has 0 aliphatic carbocycles. The molecule has 0 radical (unpaired) electrons. The molecule has 4 N–H and O–H groups in total. The van der Waals surface area contributed by atoms with Gasteiger partial charge in [-0.05, 0) is 27.7 Å². The summed E-state index contributed by atoms with van der Waals surface area (Å²) >= 11 is 0. The van der Waals surface area contributed by atoms with Crippen LogP contribution in [0, 0.1) is 0 Å². The number of hydrogen-bond acceptors (Lipinski definition) is 5. The monoisotopic (exact) mass is 276 g/mol. The molecule has 0 saturated carbocycles. The normalized spacial score (nSPS) is 14.2. The van der Waals surface area contributed by atoms with Crippen LogP contribution in [-0.4, -0.2) is 52.5 Å². The highest BCUT2D eigenvalue weighted by Crippen LogP contribution is 2.06. The molecule has 0 unspecified atom stereocenters. The number of carboxylic acids is 1. The van der Waals surface area contributed by atoms with E-state index in [0.29, 0.717) is 0 Å². The first-order valence-corrected chi connectivity index (χ1v) is 5.70. The van der Waals surface area contributed by atoms with E-state index in [1.54, 1.807) is 20.8 Å². The van der Waals surface area contributed by atoms with Crippen molar-refractivity contribution in [3.05, 3.63) is 0 Å². The van der Waals surface area contributed by atoms with Crippen molar-refractivity contribution in [3.63, 3.8) is 0 Å². The Morgan fingerprint density at radius 3 is 2.11 bits per heavy atom. The summed E-state index contributed by atoms with van der Waals surface area (Å²) in [6, 6.07) is -2.39. The molecule has 0 spiro atoms. The second-order valence-corrected chi connectivity index (χ2v) is 4.95. The van der Waals surface area contributed by atoms with Gasteiger partial charge in [-0.1, -0.05) is 0 Å². The molecule has 2 amide bonds. The number of carbonyl (C=O) groups is 3. The summed E-state index contributed by atoms with van der Waals surface area (Å²) in [5.41, 5.74) is -0.741. The van der Waals surface area contributed by atoms with Gasteiger partial charge in [-0.2, -0.15) is 0 Å². The molecule has 19 heavy (non-hydrogen) atoms. The Kier molecular flexibility index (Phi) is 6.26. The molecule has 110 valence electrons. The van der Waals surface area contributed by atoms with Gasteiger partial charge in [0.05, 0.1) is 6.61 Å². The summed E-state index contributed by atoms with van der Waals surface area (Å²) in [7, 11) is 0.